The summed E-state index contributed by atoms with van der Waals surface area (Å²) in [5, 5.41) is 6.54. The summed E-state index contributed by atoms with van der Waals surface area (Å²) in [4.78, 5) is 27.7. The highest BCUT2D eigenvalue weighted by Crippen LogP contribution is 2.32. The van der Waals surface area contributed by atoms with E-state index in [1.165, 1.54) is 6.26 Å². The first-order valence-corrected chi connectivity index (χ1v) is 8.41. The van der Waals surface area contributed by atoms with Crippen molar-refractivity contribution >= 4 is 34.0 Å². The van der Waals surface area contributed by atoms with Gasteiger partial charge in [-0.05, 0) is 30.3 Å². The van der Waals surface area contributed by atoms with Crippen molar-refractivity contribution in [2.75, 3.05) is 10.6 Å². The SMILES string of the molecule is CC(=O)Nc1cc(C(=O)Nc2nc(-c3ccco3)cs2)cc(C(F)(F)F)c1. The van der Waals surface area contributed by atoms with E-state index in [1.807, 2.05) is 0 Å². The Hall–Kier alpha value is -3.14. The van der Waals surface area contributed by atoms with Gasteiger partial charge in [0.15, 0.2) is 10.9 Å². The van der Waals surface area contributed by atoms with Gasteiger partial charge in [0.25, 0.3) is 5.91 Å². The molecule has 0 bridgehead atoms. The maximum Gasteiger partial charge on any atom is 0.416 e. The van der Waals surface area contributed by atoms with Gasteiger partial charge in [-0.25, -0.2) is 4.98 Å². The minimum atomic E-state index is -4.67. The lowest BCUT2D eigenvalue weighted by molar-refractivity contribution is -0.137. The predicted octanol–water partition coefficient (Wildman–Crippen LogP) is 4.63. The molecule has 10 heteroatoms. The van der Waals surface area contributed by atoms with Crippen molar-refractivity contribution in [3.8, 4) is 11.5 Å². The number of halogens is 3. The molecular formula is C17H12F3N3O3S. The number of nitrogens with zero attached hydrogens (tertiary/aromatic N) is 1. The van der Waals surface area contributed by atoms with Gasteiger partial charge in [0.1, 0.15) is 5.69 Å². The summed E-state index contributed by atoms with van der Waals surface area (Å²) in [6.45, 7) is 1.16. The van der Waals surface area contributed by atoms with E-state index in [4.69, 9.17) is 4.42 Å². The maximum atomic E-state index is 13.1. The largest absolute Gasteiger partial charge is 0.463 e. The number of rotatable bonds is 4. The van der Waals surface area contributed by atoms with Crippen molar-refractivity contribution in [1.82, 2.24) is 4.98 Å². The van der Waals surface area contributed by atoms with E-state index in [-0.39, 0.29) is 16.4 Å². The van der Waals surface area contributed by atoms with Crippen LogP contribution in [0, 0.1) is 0 Å². The van der Waals surface area contributed by atoms with Crippen LogP contribution in [-0.4, -0.2) is 16.8 Å². The number of thiazole rings is 1. The quantitative estimate of drug-likeness (QED) is 0.674. The van der Waals surface area contributed by atoms with Crippen molar-refractivity contribution in [3.63, 3.8) is 0 Å². The molecule has 1 aromatic carbocycles. The van der Waals surface area contributed by atoms with Gasteiger partial charge in [0, 0.05) is 23.6 Å². The molecule has 0 aliphatic heterocycles. The highest BCUT2D eigenvalue weighted by Gasteiger charge is 2.32. The predicted molar refractivity (Wildman–Crippen MR) is 93.5 cm³/mol. The Labute approximate surface area is 155 Å². The zero-order valence-electron chi connectivity index (χ0n) is 13.8. The molecule has 0 spiro atoms. The lowest BCUT2D eigenvalue weighted by atomic mass is 10.1. The van der Waals surface area contributed by atoms with Crippen molar-refractivity contribution in [2.45, 2.75) is 13.1 Å². The second kappa shape index (κ2) is 7.23. The Morgan fingerprint density at radius 3 is 2.59 bits per heavy atom. The monoisotopic (exact) mass is 395 g/mol. The summed E-state index contributed by atoms with van der Waals surface area (Å²) in [5.41, 5.74) is -0.946. The normalized spacial score (nSPS) is 11.3. The van der Waals surface area contributed by atoms with Crippen LogP contribution in [0.5, 0.6) is 0 Å². The van der Waals surface area contributed by atoms with Crippen molar-refractivity contribution in [1.29, 1.82) is 0 Å². The van der Waals surface area contributed by atoms with Crippen LogP contribution in [0.25, 0.3) is 11.5 Å². The number of nitrogens with one attached hydrogen (secondary N) is 2. The number of carbonyl (C=O) groups is 2. The second-order valence-electron chi connectivity index (χ2n) is 5.45. The number of benzene rings is 1. The van der Waals surface area contributed by atoms with E-state index >= 15 is 0 Å². The molecule has 0 unspecified atom stereocenters. The van der Waals surface area contributed by atoms with Crippen molar-refractivity contribution in [3.05, 3.63) is 53.1 Å². The topological polar surface area (TPSA) is 84.2 Å². The van der Waals surface area contributed by atoms with Crippen LogP contribution in [0.1, 0.15) is 22.8 Å². The lowest BCUT2D eigenvalue weighted by Crippen LogP contribution is -2.16. The number of amides is 2. The van der Waals surface area contributed by atoms with Crippen LogP contribution in [0.4, 0.5) is 24.0 Å². The Morgan fingerprint density at radius 2 is 1.96 bits per heavy atom. The van der Waals surface area contributed by atoms with Crippen molar-refractivity contribution < 1.29 is 27.2 Å². The number of aromatic nitrogens is 1. The van der Waals surface area contributed by atoms with Crippen LogP contribution >= 0.6 is 11.3 Å². The third-order valence-corrected chi connectivity index (χ3v) is 4.10. The van der Waals surface area contributed by atoms with E-state index in [0.717, 1.165) is 30.4 Å². The number of hydrogen-bond acceptors (Lipinski definition) is 5. The molecule has 0 saturated carbocycles. The van der Waals surface area contributed by atoms with Gasteiger partial charge in [0.05, 0.1) is 11.8 Å². The molecule has 0 aliphatic carbocycles. The van der Waals surface area contributed by atoms with Gasteiger partial charge in [-0.2, -0.15) is 13.2 Å². The summed E-state index contributed by atoms with van der Waals surface area (Å²) in [6.07, 6.45) is -3.20. The number of hydrogen-bond donors (Lipinski definition) is 2. The Bertz CT molecular complexity index is 981. The molecule has 140 valence electrons. The molecule has 3 aromatic rings. The fourth-order valence-corrected chi connectivity index (χ4v) is 2.93. The van der Waals surface area contributed by atoms with Crippen LogP contribution in [0.3, 0.4) is 0 Å². The van der Waals surface area contributed by atoms with Gasteiger partial charge in [-0.3, -0.25) is 14.9 Å². The van der Waals surface area contributed by atoms with Crippen molar-refractivity contribution in [2.24, 2.45) is 0 Å². The average molecular weight is 395 g/mol. The highest BCUT2D eigenvalue weighted by atomic mass is 32.1. The molecule has 6 nitrogen and oxygen atoms in total. The van der Waals surface area contributed by atoms with Crippen LogP contribution < -0.4 is 10.6 Å². The molecule has 0 radical (unpaired) electrons. The molecule has 2 N–H and O–H groups in total. The van der Waals surface area contributed by atoms with E-state index in [2.05, 4.69) is 15.6 Å². The number of furan rings is 1. The minimum Gasteiger partial charge on any atom is -0.463 e. The zero-order valence-corrected chi connectivity index (χ0v) is 14.6. The molecular weight excluding hydrogens is 383 g/mol. The summed E-state index contributed by atoms with van der Waals surface area (Å²) in [6, 6.07) is 6.00. The Morgan fingerprint density at radius 1 is 1.19 bits per heavy atom. The molecule has 2 heterocycles. The summed E-state index contributed by atoms with van der Waals surface area (Å²) in [7, 11) is 0. The van der Waals surface area contributed by atoms with Gasteiger partial charge >= 0.3 is 6.18 Å². The Kier molecular flexibility index (Phi) is 5.00. The molecule has 0 saturated heterocycles. The van der Waals surface area contributed by atoms with Gasteiger partial charge in [0.2, 0.25) is 5.91 Å². The van der Waals surface area contributed by atoms with Crippen LogP contribution in [0.2, 0.25) is 0 Å². The standard InChI is InChI=1S/C17H12F3N3O3S/c1-9(24)21-12-6-10(5-11(7-12)17(18,19)20)15(25)23-16-22-13(8-27-16)14-3-2-4-26-14/h2-8H,1H3,(H,21,24)(H,22,23,25). The van der Waals surface area contributed by atoms with Gasteiger partial charge in [-0.1, -0.05) is 0 Å². The molecule has 3 rings (SSSR count). The van der Waals surface area contributed by atoms with Crippen LogP contribution in [0.15, 0.2) is 46.4 Å². The molecule has 2 aromatic heterocycles. The average Bonchev–Trinajstić information content (AvgIpc) is 3.24. The molecule has 0 atom stereocenters. The van der Waals surface area contributed by atoms with E-state index in [9.17, 15) is 22.8 Å². The molecule has 27 heavy (non-hydrogen) atoms. The van der Waals surface area contributed by atoms with E-state index < -0.39 is 23.6 Å². The smallest absolute Gasteiger partial charge is 0.416 e. The first-order chi connectivity index (χ1) is 12.7. The molecule has 0 aliphatic rings. The minimum absolute atomic E-state index is 0.127. The zero-order chi connectivity index (χ0) is 19.6. The fraction of sp³-hybridized carbons (Fsp3) is 0.118. The number of anilines is 2. The van der Waals surface area contributed by atoms with Gasteiger partial charge < -0.3 is 9.73 Å². The molecule has 0 fully saturated rings. The lowest BCUT2D eigenvalue weighted by Gasteiger charge is -2.12. The Balaban J connectivity index is 1.86. The first-order valence-electron chi connectivity index (χ1n) is 7.53. The van der Waals surface area contributed by atoms with E-state index in [1.54, 1.807) is 17.5 Å². The third kappa shape index (κ3) is 4.53. The fourth-order valence-electron chi connectivity index (χ4n) is 2.24. The van der Waals surface area contributed by atoms with E-state index in [0.29, 0.717) is 17.5 Å². The summed E-state index contributed by atoms with van der Waals surface area (Å²) >= 11 is 1.10. The molecule has 2 amide bonds. The van der Waals surface area contributed by atoms with Gasteiger partial charge in [-0.15, -0.1) is 11.3 Å². The second-order valence-corrected chi connectivity index (χ2v) is 6.31. The first kappa shape index (κ1) is 18.6. The summed E-state index contributed by atoms with van der Waals surface area (Å²) in [5.74, 6) is -0.837. The number of alkyl halides is 3. The third-order valence-electron chi connectivity index (χ3n) is 3.34. The maximum absolute atomic E-state index is 13.1. The van der Waals surface area contributed by atoms with Crippen LogP contribution in [-0.2, 0) is 11.0 Å². The number of carbonyl (C=O) groups excluding carboxylic acids is 2. The summed E-state index contributed by atoms with van der Waals surface area (Å²) < 4.78 is 44.4. The highest BCUT2D eigenvalue weighted by molar-refractivity contribution is 7.14.